The minimum atomic E-state index is -1.25. The maximum atomic E-state index is 12.6. The van der Waals surface area contributed by atoms with Gasteiger partial charge in [-0.25, -0.2) is 9.59 Å². The van der Waals surface area contributed by atoms with Crippen LogP contribution in [-0.2, 0) is 28.5 Å². The van der Waals surface area contributed by atoms with Gasteiger partial charge in [0, 0.05) is 14.0 Å². The van der Waals surface area contributed by atoms with Gasteiger partial charge in [0.15, 0.2) is 6.10 Å². The molecule has 8 nitrogen and oxygen atoms in total. The highest BCUT2D eigenvalue weighted by Gasteiger charge is 2.51. The Hall–Kier alpha value is -3.23. The third kappa shape index (κ3) is 5.22. The largest absolute Gasteiger partial charge is 0.452 e. The van der Waals surface area contributed by atoms with Gasteiger partial charge in [-0.05, 0) is 24.3 Å². The second kappa shape index (κ2) is 10.00. The predicted molar refractivity (Wildman–Crippen MR) is 104 cm³/mol. The standard InChI is InChI=1S/C22H22O8/c1-14(23)27-22-19(30-21(25)16-11-7-4-8-12-16)18(17(28-22)13-26-2)29-20(24)15-9-5-3-6-10-15/h3-12,17-19,22H,13H2,1-2H3. The normalized spacial score (nSPS) is 22.9. The van der Waals surface area contributed by atoms with E-state index >= 15 is 0 Å². The molecule has 0 saturated carbocycles. The highest BCUT2D eigenvalue weighted by molar-refractivity contribution is 5.90. The number of carbonyl (C=O) groups excluding carboxylic acids is 3. The molecule has 2 aromatic carbocycles. The first-order chi connectivity index (χ1) is 14.5. The second-order valence-corrected chi connectivity index (χ2v) is 6.58. The predicted octanol–water partition coefficient (Wildman–Crippen LogP) is 2.37. The zero-order valence-electron chi connectivity index (χ0n) is 16.6. The van der Waals surface area contributed by atoms with Crippen LogP contribution in [-0.4, -0.2) is 56.2 Å². The molecule has 0 spiro atoms. The van der Waals surface area contributed by atoms with Crippen LogP contribution in [0.15, 0.2) is 60.7 Å². The lowest BCUT2D eigenvalue weighted by Crippen LogP contribution is -2.42. The zero-order chi connectivity index (χ0) is 21.5. The number of methoxy groups -OCH3 is 1. The highest BCUT2D eigenvalue weighted by Crippen LogP contribution is 2.29. The zero-order valence-corrected chi connectivity index (χ0v) is 16.6. The number of rotatable bonds is 7. The highest BCUT2D eigenvalue weighted by atomic mass is 16.8. The summed E-state index contributed by atoms with van der Waals surface area (Å²) in [7, 11) is 1.45. The van der Waals surface area contributed by atoms with Gasteiger partial charge >= 0.3 is 17.9 Å². The smallest absolute Gasteiger partial charge is 0.338 e. The molecule has 0 amide bonds. The molecule has 0 bridgehead atoms. The van der Waals surface area contributed by atoms with E-state index in [9.17, 15) is 14.4 Å². The molecule has 3 rings (SSSR count). The van der Waals surface area contributed by atoms with E-state index in [1.807, 2.05) is 0 Å². The molecule has 1 aliphatic rings. The fourth-order valence-electron chi connectivity index (χ4n) is 3.05. The van der Waals surface area contributed by atoms with Crippen molar-refractivity contribution in [1.29, 1.82) is 0 Å². The molecular weight excluding hydrogens is 392 g/mol. The van der Waals surface area contributed by atoms with Crippen LogP contribution in [0.4, 0.5) is 0 Å². The summed E-state index contributed by atoms with van der Waals surface area (Å²) in [6.45, 7) is 1.23. The second-order valence-electron chi connectivity index (χ2n) is 6.58. The molecule has 1 heterocycles. The molecule has 0 radical (unpaired) electrons. The number of benzene rings is 2. The van der Waals surface area contributed by atoms with Crippen molar-refractivity contribution >= 4 is 17.9 Å². The lowest BCUT2D eigenvalue weighted by molar-refractivity contribution is -0.188. The Morgan fingerprint density at radius 2 is 1.30 bits per heavy atom. The molecule has 1 saturated heterocycles. The van der Waals surface area contributed by atoms with Crippen molar-refractivity contribution in [2.45, 2.75) is 31.5 Å². The molecule has 1 aliphatic heterocycles. The third-order valence-electron chi connectivity index (χ3n) is 4.39. The van der Waals surface area contributed by atoms with Crippen molar-refractivity contribution in [3.63, 3.8) is 0 Å². The van der Waals surface area contributed by atoms with Gasteiger partial charge in [0.1, 0.15) is 6.10 Å². The molecule has 0 N–H and O–H groups in total. The minimum Gasteiger partial charge on any atom is -0.452 e. The number of carbonyl (C=O) groups is 3. The Labute approximate surface area is 173 Å². The van der Waals surface area contributed by atoms with Gasteiger partial charge in [-0.15, -0.1) is 0 Å². The van der Waals surface area contributed by atoms with Gasteiger partial charge < -0.3 is 23.7 Å². The van der Waals surface area contributed by atoms with Crippen molar-refractivity contribution in [1.82, 2.24) is 0 Å². The first-order valence-corrected chi connectivity index (χ1v) is 9.33. The summed E-state index contributed by atoms with van der Waals surface area (Å²) in [5.74, 6) is -1.93. The molecule has 1 fully saturated rings. The van der Waals surface area contributed by atoms with Crippen LogP contribution in [0.25, 0.3) is 0 Å². The Morgan fingerprint density at radius 3 is 1.77 bits per heavy atom. The fourth-order valence-corrected chi connectivity index (χ4v) is 3.05. The van der Waals surface area contributed by atoms with Crippen LogP contribution in [0.2, 0.25) is 0 Å². The van der Waals surface area contributed by atoms with Gasteiger partial charge in [0.05, 0.1) is 17.7 Å². The number of ether oxygens (including phenoxy) is 5. The lowest BCUT2D eigenvalue weighted by atomic mass is 10.1. The van der Waals surface area contributed by atoms with E-state index in [0.717, 1.165) is 0 Å². The number of hydrogen-bond donors (Lipinski definition) is 0. The van der Waals surface area contributed by atoms with Crippen molar-refractivity contribution in [2.75, 3.05) is 13.7 Å². The molecule has 4 unspecified atom stereocenters. The van der Waals surface area contributed by atoms with Crippen LogP contribution in [0.3, 0.4) is 0 Å². The van der Waals surface area contributed by atoms with Crippen molar-refractivity contribution in [3.05, 3.63) is 71.8 Å². The SMILES string of the molecule is COCC1OC(OC(C)=O)C(OC(=O)c2ccccc2)C1OC(=O)c1ccccc1. The lowest BCUT2D eigenvalue weighted by Gasteiger charge is -2.23. The van der Waals surface area contributed by atoms with Crippen molar-refractivity contribution in [3.8, 4) is 0 Å². The Bertz CT molecular complexity index is 867. The fraction of sp³-hybridized carbons (Fsp3) is 0.318. The van der Waals surface area contributed by atoms with Gasteiger partial charge in [-0.1, -0.05) is 36.4 Å². The first kappa shape index (κ1) is 21.5. The monoisotopic (exact) mass is 414 g/mol. The summed E-state index contributed by atoms with van der Waals surface area (Å²) in [5.41, 5.74) is 0.611. The molecule has 30 heavy (non-hydrogen) atoms. The Balaban J connectivity index is 1.85. The molecule has 4 atom stereocenters. The van der Waals surface area contributed by atoms with Gasteiger partial charge in [-0.3, -0.25) is 4.79 Å². The summed E-state index contributed by atoms with van der Waals surface area (Å²) >= 11 is 0. The van der Waals surface area contributed by atoms with Crippen molar-refractivity contribution < 1.29 is 38.1 Å². The Morgan fingerprint density at radius 1 is 0.800 bits per heavy atom. The summed E-state index contributed by atoms with van der Waals surface area (Å²) in [5, 5.41) is 0. The van der Waals surface area contributed by atoms with E-state index in [0.29, 0.717) is 11.1 Å². The van der Waals surface area contributed by atoms with Crippen molar-refractivity contribution in [2.24, 2.45) is 0 Å². The molecular formula is C22H22O8. The van der Waals surface area contributed by atoms with Crippen LogP contribution in [0.5, 0.6) is 0 Å². The van der Waals surface area contributed by atoms with E-state index in [1.54, 1.807) is 60.7 Å². The van der Waals surface area contributed by atoms with Crippen LogP contribution in [0, 0.1) is 0 Å². The third-order valence-corrected chi connectivity index (χ3v) is 4.39. The van der Waals surface area contributed by atoms with E-state index in [-0.39, 0.29) is 6.61 Å². The Kier molecular flexibility index (Phi) is 7.16. The summed E-state index contributed by atoms with van der Waals surface area (Å²) < 4.78 is 27.2. The summed E-state index contributed by atoms with van der Waals surface area (Å²) in [6, 6.07) is 16.6. The average molecular weight is 414 g/mol. The average Bonchev–Trinajstić information content (AvgIpc) is 3.04. The van der Waals surface area contributed by atoms with Gasteiger partial charge in [0.25, 0.3) is 0 Å². The maximum Gasteiger partial charge on any atom is 0.338 e. The minimum absolute atomic E-state index is 0.0316. The van der Waals surface area contributed by atoms with Crippen LogP contribution < -0.4 is 0 Å². The summed E-state index contributed by atoms with van der Waals surface area (Å²) in [4.78, 5) is 36.8. The molecule has 158 valence electrons. The molecule has 8 heteroatoms. The van der Waals surface area contributed by atoms with E-state index in [4.69, 9.17) is 23.7 Å². The molecule has 0 aliphatic carbocycles. The van der Waals surface area contributed by atoms with Crippen LogP contribution >= 0.6 is 0 Å². The van der Waals surface area contributed by atoms with Gasteiger partial charge in [-0.2, -0.15) is 0 Å². The van der Waals surface area contributed by atoms with Crippen LogP contribution in [0.1, 0.15) is 27.6 Å². The van der Waals surface area contributed by atoms with Gasteiger partial charge in [0.2, 0.25) is 12.4 Å². The van der Waals surface area contributed by atoms with E-state index in [1.165, 1.54) is 14.0 Å². The van der Waals surface area contributed by atoms with E-state index in [2.05, 4.69) is 0 Å². The first-order valence-electron chi connectivity index (χ1n) is 9.33. The molecule has 2 aromatic rings. The quantitative estimate of drug-likeness (QED) is 0.503. The van der Waals surface area contributed by atoms with E-state index < -0.39 is 42.5 Å². The maximum absolute atomic E-state index is 12.6. The molecule has 0 aromatic heterocycles. The summed E-state index contributed by atoms with van der Waals surface area (Å²) in [6.07, 6.45) is -4.27. The number of esters is 3. The topological polar surface area (TPSA) is 97.4 Å². The number of hydrogen-bond acceptors (Lipinski definition) is 8.